The predicted molar refractivity (Wildman–Crippen MR) is 219 cm³/mol. The normalized spacial score (nSPS) is 12.8. The number of hydrogen-bond donors (Lipinski definition) is 0. The van der Waals surface area contributed by atoms with Crippen LogP contribution < -0.4 is 0 Å². The van der Waals surface area contributed by atoms with E-state index in [1.807, 2.05) is 11.3 Å². The monoisotopic (exact) mass is 668 g/mol. The molecule has 0 saturated carbocycles. The number of benzene rings is 7. The Morgan fingerprint density at radius 2 is 1.25 bits per heavy atom. The standard InChI is InChI=1S/C48H32N2S/c1-30(27-40-37-13-4-8-19-44(37)50-42-17-6-2-11-33(42)29-45(40)50)31-21-24-34(25-22-31)49-43-18-7-3-12-36(43)39-16-10-15-35(48(39)49)32-23-26-47-41(28-32)38-14-5-9-20-46(38)51-47/h2-28H,29H2,1H3/b30-27+. The first-order valence-corrected chi connectivity index (χ1v) is 18.5. The maximum absolute atomic E-state index is 2.46. The molecule has 3 heteroatoms. The van der Waals surface area contributed by atoms with Crippen molar-refractivity contribution in [3.8, 4) is 22.5 Å². The predicted octanol–water partition coefficient (Wildman–Crippen LogP) is 13.2. The van der Waals surface area contributed by atoms with Gasteiger partial charge in [0.2, 0.25) is 0 Å². The van der Waals surface area contributed by atoms with E-state index in [0.717, 1.165) is 12.1 Å². The molecule has 0 atom stereocenters. The van der Waals surface area contributed by atoms with E-state index in [0.29, 0.717) is 0 Å². The molecule has 3 aromatic heterocycles. The maximum Gasteiger partial charge on any atom is 0.0619 e. The van der Waals surface area contributed by atoms with Crippen LogP contribution in [-0.2, 0) is 6.42 Å². The SMILES string of the molecule is C/C(=C\c1c2n(c3ccccc13)-c1ccccc1C2)c1ccc(-n2c3ccccc3c3cccc(-c4ccc5sc6ccccc6c5c4)c32)cc1. The van der Waals surface area contributed by atoms with Gasteiger partial charge >= 0.3 is 0 Å². The average Bonchev–Trinajstić information content (AvgIpc) is 3.92. The number of nitrogens with zero attached hydrogens (tertiary/aromatic N) is 2. The fourth-order valence-electron chi connectivity index (χ4n) is 8.57. The first-order valence-electron chi connectivity index (χ1n) is 17.6. The molecule has 2 nitrogen and oxygen atoms in total. The van der Waals surface area contributed by atoms with Crippen LogP contribution in [0.3, 0.4) is 0 Å². The number of thiophene rings is 1. The van der Waals surface area contributed by atoms with Crippen LogP contribution in [0.1, 0.15) is 29.3 Å². The van der Waals surface area contributed by atoms with E-state index in [1.54, 1.807) is 0 Å². The average molecular weight is 669 g/mol. The lowest BCUT2D eigenvalue weighted by Gasteiger charge is -2.13. The van der Waals surface area contributed by atoms with Crippen LogP contribution in [0.5, 0.6) is 0 Å². The summed E-state index contributed by atoms with van der Waals surface area (Å²) >= 11 is 1.87. The summed E-state index contributed by atoms with van der Waals surface area (Å²) in [6.07, 6.45) is 3.35. The van der Waals surface area contributed by atoms with Gasteiger partial charge in [-0.25, -0.2) is 0 Å². The van der Waals surface area contributed by atoms with Gasteiger partial charge in [0.25, 0.3) is 0 Å². The van der Waals surface area contributed by atoms with Crippen molar-refractivity contribution in [2.45, 2.75) is 13.3 Å². The molecule has 4 heterocycles. The highest BCUT2D eigenvalue weighted by Gasteiger charge is 2.25. The van der Waals surface area contributed by atoms with Crippen molar-refractivity contribution < 1.29 is 0 Å². The van der Waals surface area contributed by atoms with Crippen LogP contribution in [0.2, 0.25) is 0 Å². The molecule has 0 spiro atoms. The molecule has 1 aliphatic rings. The zero-order valence-corrected chi connectivity index (χ0v) is 28.9. The van der Waals surface area contributed by atoms with Gasteiger partial charge in [0.05, 0.1) is 16.6 Å². The first-order chi connectivity index (χ1) is 25.2. The Labute approximate surface area is 299 Å². The van der Waals surface area contributed by atoms with Crippen molar-refractivity contribution in [1.82, 2.24) is 9.13 Å². The Morgan fingerprint density at radius 1 is 0.569 bits per heavy atom. The molecule has 0 radical (unpaired) electrons. The minimum absolute atomic E-state index is 0.953. The molecule has 51 heavy (non-hydrogen) atoms. The lowest BCUT2D eigenvalue weighted by molar-refractivity contribution is 1.08. The van der Waals surface area contributed by atoms with Crippen molar-refractivity contribution in [2.75, 3.05) is 0 Å². The molecule has 7 aromatic carbocycles. The van der Waals surface area contributed by atoms with Crippen LogP contribution in [-0.4, -0.2) is 9.13 Å². The summed E-state index contributed by atoms with van der Waals surface area (Å²) in [6.45, 7) is 2.25. The van der Waals surface area contributed by atoms with Crippen molar-refractivity contribution in [2.24, 2.45) is 0 Å². The zero-order valence-electron chi connectivity index (χ0n) is 28.1. The number of aromatic nitrogens is 2. The molecular weight excluding hydrogens is 637 g/mol. The summed E-state index contributed by atoms with van der Waals surface area (Å²) in [5.74, 6) is 0. The second-order valence-electron chi connectivity index (χ2n) is 13.8. The number of hydrogen-bond acceptors (Lipinski definition) is 1. The van der Waals surface area contributed by atoms with Gasteiger partial charge in [-0.05, 0) is 83.8 Å². The Kier molecular flexibility index (Phi) is 6.14. The Bertz CT molecular complexity index is 3060. The van der Waals surface area contributed by atoms with Gasteiger partial charge in [-0.15, -0.1) is 11.3 Å². The molecule has 0 fully saturated rings. The summed E-state index contributed by atoms with van der Waals surface area (Å²) in [5.41, 5.74) is 15.3. The van der Waals surface area contributed by atoms with E-state index in [9.17, 15) is 0 Å². The van der Waals surface area contributed by atoms with Crippen molar-refractivity contribution in [3.63, 3.8) is 0 Å². The van der Waals surface area contributed by atoms with E-state index >= 15 is 0 Å². The first kappa shape index (κ1) is 28.7. The fraction of sp³-hybridized carbons (Fsp3) is 0.0417. The molecule has 10 aromatic rings. The Hall–Kier alpha value is -6.16. The third kappa shape index (κ3) is 4.22. The molecule has 0 unspecified atom stereocenters. The third-order valence-corrected chi connectivity index (χ3v) is 12.1. The number of allylic oxidation sites excluding steroid dienone is 1. The molecule has 0 N–H and O–H groups in total. The molecule has 240 valence electrons. The van der Waals surface area contributed by atoms with Gasteiger partial charge in [-0.1, -0.05) is 109 Å². The summed E-state index contributed by atoms with van der Waals surface area (Å²) in [6, 6.07) is 58.2. The van der Waals surface area contributed by atoms with Crippen LogP contribution in [0.25, 0.3) is 87.0 Å². The van der Waals surface area contributed by atoms with Crippen LogP contribution >= 0.6 is 11.3 Å². The van der Waals surface area contributed by atoms with Crippen molar-refractivity contribution in [3.05, 3.63) is 180 Å². The molecule has 1 aliphatic heterocycles. The highest BCUT2D eigenvalue weighted by molar-refractivity contribution is 7.25. The summed E-state index contributed by atoms with van der Waals surface area (Å²) in [4.78, 5) is 0. The van der Waals surface area contributed by atoms with Crippen LogP contribution in [0.4, 0.5) is 0 Å². The van der Waals surface area contributed by atoms with E-state index in [4.69, 9.17) is 0 Å². The number of para-hydroxylation sites is 4. The van der Waals surface area contributed by atoms with E-state index in [1.165, 1.54) is 97.7 Å². The highest BCUT2D eigenvalue weighted by Crippen LogP contribution is 2.42. The lowest BCUT2D eigenvalue weighted by atomic mass is 9.99. The molecular formula is C48H32N2S. The number of fused-ring (bicyclic) bond motifs is 11. The van der Waals surface area contributed by atoms with Crippen LogP contribution in [0, 0.1) is 0 Å². The molecule has 0 aliphatic carbocycles. The van der Waals surface area contributed by atoms with Crippen LogP contribution in [0.15, 0.2) is 158 Å². The van der Waals surface area contributed by atoms with Gasteiger partial charge < -0.3 is 9.13 Å². The topological polar surface area (TPSA) is 9.86 Å². The Morgan fingerprint density at radius 3 is 2.12 bits per heavy atom. The minimum Gasteiger partial charge on any atom is -0.312 e. The van der Waals surface area contributed by atoms with Gasteiger partial charge in [0.1, 0.15) is 0 Å². The lowest BCUT2D eigenvalue weighted by Crippen LogP contribution is -1.96. The Balaban J connectivity index is 1.05. The largest absolute Gasteiger partial charge is 0.312 e. The van der Waals surface area contributed by atoms with Gasteiger partial charge in [0, 0.05) is 70.9 Å². The maximum atomic E-state index is 2.46. The van der Waals surface area contributed by atoms with E-state index in [2.05, 4.69) is 180 Å². The summed E-state index contributed by atoms with van der Waals surface area (Å²) in [5, 5.41) is 6.50. The van der Waals surface area contributed by atoms with Gasteiger partial charge in [-0.3, -0.25) is 0 Å². The van der Waals surface area contributed by atoms with Gasteiger partial charge in [-0.2, -0.15) is 0 Å². The second-order valence-corrected chi connectivity index (χ2v) is 14.8. The highest BCUT2D eigenvalue weighted by atomic mass is 32.1. The van der Waals surface area contributed by atoms with Crippen molar-refractivity contribution >= 4 is 75.9 Å². The van der Waals surface area contributed by atoms with Gasteiger partial charge in [0.15, 0.2) is 0 Å². The molecule has 0 bridgehead atoms. The second kappa shape index (κ2) is 10.9. The molecule has 0 saturated heterocycles. The zero-order chi connectivity index (χ0) is 33.6. The van der Waals surface area contributed by atoms with E-state index in [-0.39, 0.29) is 0 Å². The quantitative estimate of drug-likeness (QED) is 0.177. The fourth-order valence-corrected chi connectivity index (χ4v) is 9.66. The molecule has 11 rings (SSSR count). The minimum atomic E-state index is 0.953. The molecule has 0 amide bonds. The third-order valence-electron chi connectivity index (χ3n) is 10.9. The number of rotatable bonds is 4. The van der Waals surface area contributed by atoms with E-state index < -0.39 is 0 Å². The summed E-state index contributed by atoms with van der Waals surface area (Å²) in [7, 11) is 0. The van der Waals surface area contributed by atoms with Crippen molar-refractivity contribution in [1.29, 1.82) is 0 Å². The summed E-state index contributed by atoms with van der Waals surface area (Å²) < 4.78 is 7.59. The smallest absolute Gasteiger partial charge is 0.0619 e.